The lowest BCUT2D eigenvalue weighted by Crippen LogP contribution is -2.43. The van der Waals surface area contributed by atoms with E-state index in [1.165, 1.54) is 6.42 Å². The van der Waals surface area contributed by atoms with Crippen molar-refractivity contribution >= 4 is 0 Å². The summed E-state index contributed by atoms with van der Waals surface area (Å²) >= 11 is 0. The topological polar surface area (TPSA) is 26.0 Å². The molecule has 0 spiro atoms. The number of aryl methyl sites for hydroxylation is 1. The molecule has 1 saturated carbocycles. The third kappa shape index (κ3) is 2.52. The van der Waals surface area contributed by atoms with Gasteiger partial charge in [0.15, 0.2) is 0 Å². The molecule has 2 atom stereocenters. The molecule has 0 radical (unpaired) electrons. The van der Waals surface area contributed by atoms with Crippen LogP contribution < -0.4 is 5.73 Å². The Morgan fingerprint density at radius 1 is 1.24 bits per heavy atom. The van der Waals surface area contributed by atoms with Crippen molar-refractivity contribution in [3.63, 3.8) is 0 Å². The Labute approximate surface area is 103 Å². The van der Waals surface area contributed by atoms with E-state index in [2.05, 4.69) is 13.8 Å². The van der Waals surface area contributed by atoms with Crippen molar-refractivity contribution in [1.29, 1.82) is 0 Å². The first-order valence-corrected chi connectivity index (χ1v) is 6.46. The lowest BCUT2D eigenvalue weighted by molar-refractivity contribution is 0.183. The van der Waals surface area contributed by atoms with Crippen molar-refractivity contribution in [2.45, 2.75) is 45.6 Å². The van der Waals surface area contributed by atoms with Crippen molar-refractivity contribution in [3.05, 3.63) is 35.1 Å². The zero-order chi connectivity index (χ0) is 12.6. The summed E-state index contributed by atoms with van der Waals surface area (Å²) in [4.78, 5) is 0. The van der Waals surface area contributed by atoms with E-state index in [1.54, 1.807) is 13.0 Å². The van der Waals surface area contributed by atoms with Gasteiger partial charge in [-0.05, 0) is 55.2 Å². The van der Waals surface area contributed by atoms with Gasteiger partial charge in [-0.1, -0.05) is 26.0 Å². The molecule has 17 heavy (non-hydrogen) atoms. The fourth-order valence-corrected chi connectivity index (χ4v) is 3.32. The van der Waals surface area contributed by atoms with E-state index in [0.29, 0.717) is 17.4 Å². The number of hydrogen-bond donors (Lipinski definition) is 1. The first-order chi connectivity index (χ1) is 7.90. The zero-order valence-electron chi connectivity index (χ0n) is 11.0. The highest BCUT2D eigenvalue weighted by atomic mass is 19.1. The van der Waals surface area contributed by atoms with E-state index in [9.17, 15) is 4.39 Å². The average Bonchev–Trinajstić information content (AvgIpc) is 2.19. The molecule has 0 amide bonds. The molecule has 0 saturated heterocycles. The normalized spacial score (nSPS) is 33.7. The van der Waals surface area contributed by atoms with Crippen molar-refractivity contribution < 1.29 is 4.39 Å². The van der Waals surface area contributed by atoms with Crippen molar-refractivity contribution in [3.8, 4) is 0 Å². The van der Waals surface area contributed by atoms with Crippen LogP contribution in [0.5, 0.6) is 0 Å². The molecule has 1 nitrogen and oxygen atoms in total. The van der Waals surface area contributed by atoms with Gasteiger partial charge in [0.1, 0.15) is 5.82 Å². The molecular weight excluding hydrogens is 213 g/mol. The minimum Gasteiger partial charge on any atom is -0.321 e. The lowest BCUT2D eigenvalue weighted by Gasteiger charge is -2.40. The van der Waals surface area contributed by atoms with Crippen LogP contribution >= 0.6 is 0 Å². The molecule has 0 bridgehead atoms. The van der Waals surface area contributed by atoms with Crippen LogP contribution in [0.15, 0.2) is 18.2 Å². The van der Waals surface area contributed by atoms with E-state index in [-0.39, 0.29) is 11.4 Å². The zero-order valence-corrected chi connectivity index (χ0v) is 11.0. The van der Waals surface area contributed by atoms with Gasteiger partial charge in [-0.2, -0.15) is 0 Å². The summed E-state index contributed by atoms with van der Waals surface area (Å²) in [6.45, 7) is 6.26. The molecule has 2 N–H and O–H groups in total. The van der Waals surface area contributed by atoms with Gasteiger partial charge in [0.25, 0.3) is 0 Å². The first kappa shape index (κ1) is 12.6. The summed E-state index contributed by atoms with van der Waals surface area (Å²) in [6, 6.07) is 5.45. The standard InChI is InChI=1S/C15H22FN/c1-10-6-11(2)9-15(17,8-10)13-5-4-12(3)14(16)7-13/h4-5,7,10-11H,6,8-9,17H2,1-3H3. The van der Waals surface area contributed by atoms with Crippen LogP contribution in [-0.2, 0) is 5.54 Å². The number of rotatable bonds is 1. The lowest BCUT2D eigenvalue weighted by atomic mass is 9.69. The van der Waals surface area contributed by atoms with Crippen LogP contribution in [0.25, 0.3) is 0 Å². The minimum atomic E-state index is -0.342. The summed E-state index contributed by atoms with van der Waals surface area (Å²) in [5, 5.41) is 0. The summed E-state index contributed by atoms with van der Waals surface area (Å²) in [5.74, 6) is 1.10. The molecule has 1 fully saturated rings. The maximum atomic E-state index is 13.6. The van der Waals surface area contributed by atoms with Gasteiger partial charge in [-0.15, -0.1) is 0 Å². The smallest absolute Gasteiger partial charge is 0.126 e. The van der Waals surface area contributed by atoms with Gasteiger partial charge in [-0.25, -0.2) is 4.39 Å². The van der Waals surface area contributed by atoms with Crippen molar-refractivity contribution in [2.24, 2.45) is 17.6 Å². The van der Waals surface area contributed by atoms with Crippen molar-refractivity contribution in [1.82, 2.24) is 0 Å². The summed E-state index contributed by atoms with van der Waals surface area (Å²) in [7, 11) is 0. The molecular formula is C15H22FN. The van der Waals surface area contributed by atoms with E-state index in [1.807, 2.05) is 12.1 Å². The highest BCUT2D eigenvalue weighted by molar-refractivity contribution is 5.29. The molecule has 2 heteroatoms. The second kappa shape index (κ2) is 4.41. The molecule has 0 heterocycles. The van der Waals surface area contributed by atoms with Crippen LogP contribution in [0.1, 0.15) is 44.2 Å². The third-order valence-corrected chi connectivity index (χ3v) is 3.98. The Balaban J connectivity index is 2.33. The predicted octanol–water partition coefficient (Wildman–Crippen LogP) is 3.74. The number of halogens is 1. The Kier molecular flexibility index (Phi) is 3.26. The molecule has 1 aromatic rings. The van der Waals surface area contributed by atoms with E-state index in [4.69, 9.17) is 5.73 Å². The largest absolute Gasteiger partial charge is 0.321 e. The molecule has 1 aliphatic carbocycles. The monoisotopic (exact) mass is 235 g/mol. The second-order valence-electron chi connectivity index (χ2n) is 5.97. The highest BCUT2D eigenvalue weighted by Gasteiger charge is 2.36. The summed E-state index contributed by atoms with van der Waals surface area (Å²) < 4.78 is 13.6. The van der Waals surface area contributed by atoms with Crippen LogP contribution in [0.3, 0.4) is 0 Å². The SMILES string of the molecule is Cc1ccc(C2(N)CC(C)CC(C)C2)cc1F. The maximum Gasteiger partial charge on any atom is 0.126 e. The summed E-state index contributed by atoms with van der Waals surface area (Å²) in [5.41, 5.74) is 7.82. The number of nitrogens with two attached hydrogens (primary N) is 1. The molecule has 2 rings (SSSR count). The van der Waals surface area contributed by atoms with Gasteiger partial charge in [0.2, 0.25) is 0 Å². The van der Waals surface area contributed by atoms with E-state index < -0.39 is 0 Å². The maximum absolute atomic E-state index is 13.6. The quantitative estimate of drug-likeness (QED) is 0.788. The Morgan fingerprint density at radius 2 is 1.82 bits per heavy atom. The third-order valence-electron chi connectivity index (χ3n) is 3.98. The first-order valence-electron chi connectivity index (χ1n) is 6.46. The number of benzene rings is 1. The average molecular weight is 235 g/mol. The van der Waals surface area contributed by atoms with Gasteiger partial charge in [-0.3, -0.25) is 0 Å². The molecule has 94 valence electrons. The minimum absolute atomic E-state index is 0.141. The molecule has 0 aliphatic heterocycles. The fraction of sp³-hybridized carbons (Fsp3) is 0.600. The second-order valence-corrected chi connectivity index (χ2v) is 5.97. The molecule has 1 aliphatic rings. The van der Waals surface area contributed by atoms with Crippen LogP contribution in [-0.4, -0.2) is 0 Å². The van der Waals surface area contributed by atoms with Gasteiger partial charge in [0.05, 0.1) is 0 Å². The summed E-state index contributed by atoms with van der Waals surface area (Å²) in [6.07, 6.45) is 3.15. The molecule has 0 aromatic heterocycles. The molecule has 1 aromatic carbocycles. The van der Waals surface area contributed by atoms with Gasteiger partial charge in [0, 0.05) is 5.54 Å². The Morgan fingerprint density at radius 3 is 2.35 bits per heavy atom. The predicted molar refractivity (Wildman–Crippen MR) is 69.2 cm³/mol. The van der Waals surface area contributed by atoms with Gasteiger partial charge < -0.3 is 5.73 Å². The van der Waals surface area contributed by atoms with Crippen LogP contribution in [0, 0.1) is 24.6 Å². The number of hydrogen-bond acceptors (Lipinski definition) is 1. The van der Waals surface area contributed by atoms with Crippen molar-refractivity contribution in [2.75, 3.05) is 0 Å². The molecule has 2 unspecified atom stereocenters. The van der Waals surface area contributed by atoms with Crippen LogP contribution in [0.2, 0.25) is 0 Å². The highest BCUT2D eigenvalue weighted by Crippen LogP contribution is 2.40. The van der Waals surface area contributed by atoms with E-state index >= 15 is 0 Å². The van der Waals surface area contributed by atoms with Gasteiger partial charge >= 0.3 is 0 Å². The Bertz CT molecular complexity index is 403. The van der Waals surface area contributed by atoms with Crippen LogP contribution in [0.4, 0.5) is 4.39 Å². The fourth-order valence-electron chi connectivity index (χ4n) is 3.32. The van der Waals surface area contributed by atoms with E-state index in [0.717, 1.165) is 18.4 Å². The Hall–Kier alpha value is -0.890.